The topological polar surface area (TPSA) is 61.8 Å². The van der Waals surface area contributed by atoms with E-state index in [1.807, 2.05) is 4.90 Å². The van der Waals surface area contributed by atoms with Crippen LogP contribution in [-0.2, 0) is 9.53 Å². The molecule has 0 spiro atoms. The second-order valence-electron chi connectivity index (χ2n) is 4.54. The minimum absolute atomic E-state index is 0.136. The molecule has 1 rings (SSSR count). The number of methoxy groups -OCH3 is 1. The van der Waals surface area contributed by atoms with Gasteiger partial charge in [-0.1, -0.05) is 12.8 Å². The minimum atomic E-state index is -0.545. The van der Waals surface area contributed by atoms with Crippen molar-refractivity contribution in [3.05, 3.63) is 0 Å². The minimum Gasteiger partial charge on any atom is -0.389 e. The lowest BCUT2D eigenvalue weighted by atomic mass is 10.2. The van der Waals surface area contributed by atoms with E-state index in [9.17, 15) is 9.90 Å². The summed E-state index contributed by atoms with van der Waals surface area (Å²) in [6.45, 7) is 2.75. The molecule has 1 saturated heterocycles. The number of carbonyl (C=O) groups excluding carboxylic acids is 1. The number of hydrogen-bond acceptors (Lipinski definition) is 4. The smallest absolute Gasteiger partial charge is 0.236 e. The molecule has 17 heavy (non-hydrogen) atoms. The first-order valence-corrected chi connectivity index (χ1v) is 6.39. The van der Waals surface area contributed by atoms with Crippen LogP contribution in [0.1, 0.15) is 25.7 Å². The first kappa shape index (κ1) is 14.4. The number of carbonyl (C=O) groups is 1. The number of ether oxygens (including phenoxy) is 1. The molecule has 1 aliphatic heterocycles. The van der Waals surface area contributed by atoms with Crippen LogP contribution >= 0.6 is 0 Å². The van der Waals surface area contributed by atoms with E-state index in [0.29, 0.717) is 19.7 Å². The molecule has 0 saturated carbocycles. The maximum absolute atomic E-state index is 11.8. The van der Waals surface area contributed by atoms with Gasteiger partial charge in [0.1, 0.15) is 0 Å². The molecule has 0 aromatic heterocycles. The predicted octanol–water partition coefficient (Wildman–Crippen LogP) is -0.0141. The summed E-state index contributed by atoms with van der Waals surface area (Å²) in [7, 11) is 1.55. The fourth-order valence-corrected chi connectivity index (χ4v) is 2.03. The molecular formula is C12H24N2O3. The van der Waals surface area contributed by atoms with Crippen molar-refractivity contribution >= 4 is 5.91 Å². The second kappa shape index (κ2) is 8.44. The van der Waals surface area contributed by atoms with Crippen LogP contribution in [0.2, 0.25) is 0 Å². The van der Waals surface area contributed by atoms with Crippen molar-refractivity contribution < 1.29 is 14.6 Å². The molecule has 0 aromatic rings. The SMILES string of the molecule is COCC(O)CNCC(=O)N1CCCCCC1. The summed E-state index contributed by atoms with van der Waals surface area (Å²) in [4.78, 5) is 13.8. The lowest BCUT2D eigenvalue weighted by Gasteiger charge is -2.20. The summed E-state index contributed by atoms with van der Waals surface area (Å²) in [6, 6.07) is 0. The molecule has 0 aromatic carbocycles. The Bertz CT molecular complexity index is 216. The maximum atomic E-state index is 11.8. The molecule has 5 heteroatoms. The van der Waals surface area contributed by atoms with Crippen molar-refractivity contribution in [2.75, 3.05) is 39.9 Å². The van der Waals surface area contributed by atoms with Crippen LogP contribution in [0.25, 0.3) is 0 Å². The highest BCUT2D eigenvalue weighted by atomic mass is 16.5. The van der Waals surface area contributed by atoms with E-state index in [-0.39, 0.29) is 5.91 Å². The van der Waals surface area contributed by atoms with E-state index in [2.05, 4.69) is 5.32 Å². The van der Waals surface area contributed by atoms with Crippen molar-refractivity contribution in [3.8, 4) is 0 Å². The highest BCUT2D eigenvalue weighted by molar-refractivity contribution is 5.78. The van der Waals surface area contributed by atoms with Gasteiger partial charge in [0.25, 0.3) is 0 Å². The Hall–Kier alpha value is -0.650. The van der Waals surface area contributed by atoms with Gasteiger partial charge in [-0.2, -0.15) is 0 Å². The van der Waals surface area contributed by atoms with Gasteiger partial charge in [0.2, 0.25) is 5.91 Å². The number of hydrogen-bond donors (Lipinski definition) is 2. The van der Waals surface area contributed by atoms with Crippen molar-refractivity contribution in [3.63, 3.8) is 0 Å². The van der Waals surface area contributed by atoms with Crippen LogP contribution in [0.4, 0.5) is 0 Å². The van der Waals surface area contributed by atoms with Crippen molar-refractivity contribution in [2.24, 2.45) is 0 Å². The second-order valence-corrected chi connectivity index (χ2v) is 4.54. The third-order valence-electron chi connectivity index (χ3n) is 2.97. The first-order chi connectivity index (χ1) is 8.24. The van der Waals surface area contributed by atoms with Gasteiger partial charge in [0.05, 0.1) is 19.3 Å². The largest absolute Gasteiger partial charge is 0.389 e. The van der Waals surface area contributed by atoms with Gasteiger partial charge in [-0.15, -0.1) is 0 Å². The number of likely N-dealkylation sites (tertiary alicyclic amines) is 1. The summed E-state index contributed by atoms with van der Waals surface area (Å²) in [5.41, 5.74) is 0. The Labute approximate surface area is 103 Å². The van der Waals surface area contributed by atoms with Crippen LogP contribution in [0, 0.1) is 0 Å². The normalized spacial score (nSPS) is 18.8. The molecular weight excluding hydrogens is 220 g/mol. The summed E-state index contributed by atoms with van der Waals surface area (Å²) < 4.78 is 4.81. The molecule has 5 nitrogen and oxygen atoms in total. The summed E-state index contributed by atoms with van der Waals surface area (Å²) in [5, 5.41) is 12.4. The van der Waals surface area contributed by atoms with Crippen molar-refractivity contribution in [2.45, 2.75) is 31.8 Å². The Balaban J connectivity index is 2.15. The molecule has 0 aliphatic carbocycles. The average Bonchev–Trinajstić information content (AvgIpc) is 2.57. The number of nitrogens with one attached hydrogen (secondary N) is 1. The molecule has 0 radical (unpaired) electrons. The number of rotatable bonds is 6. The molecule has 1 aliphatic rings. The third-order valence-corrected chi connectivity index (χ3v) is 2.97. The highest BCUT2D eigenvalue weighted by Crippen LogP contribution is 2.09. The fourth-order valence-electron chi connectivity index (χ4n) is 2.03. The van der Waals surface area contributed by atoms with Crippen LogP contribution in [-0.4, -0.2) is 61.9 Å². The molecule has 0 bridgehead atoms. The number of aliphatic hydroxyl groups excluding tert-OH is 1. The Morgan fingerprint density at radius 2 is 2.00 bits per heavy atom. The van der Waals surface area contributed by atoms with Crippen LogP contribution in [0.3, 0.4) is 0 Å². The zero-order valence-corrected chi connectivity index (χ0v) is 10.7. The van der Waals surface area contributed by atoms with Crippen molar-refractivity contribution in [1.29, 1.82) is 0 Å². The summed E-state index contributed by atoms with van der Waals surface area (Å²) in [6.07, 6.45) is 4.13. The predicted molar refractivity (Wildman–Crippen MR) is 65.8 cm³/mol. The Kier molecular flexibility index (Phi) is 7.16. The summed E-state index contributed by atoms with van der Waals surface area (Å²) in [5.74, 6) is 0.136. The quantitative estimate of drug-likeness (QED) is 0.689. The first-order valence-electron chi connectivity index (χ1n) is 6.39. The van der Waals surface area contributed by atoms with E-state index < -0.39 is 6.10 Å². The molecule has 1 unspecified atom stereocenters. The lowest BCUT2D eigenvalue weighted by Crippen LogP contribution is -2.41. The van der Waals surface area contributed by atoms with E-state index >= 15 is 0 Å². The fraction of sp³-hybridized carbons (Fsp3) is 0.917. The Morgan fingerprint density at radius 1 is 1.35 bits per heavy atom. The van der Waals surface area contributed by atoms with E-state index in [1.54, 1.807) is 7.11 Å². The van der Waals surface area contributed by atoms with Gasteiger partial charge in [-0.25, -0.2) is 0 Å². The van der Waals surface area contributed by atoms with Crippen LogP contribution in [0.15, 0.2) is 0 Å². The van der Waals surface area contributed by atoms with Gasteiger partial charge in [-0.3, -0.25) is 4.79 Å². The highest BCUT2D eigenvalue weighted by Gasteiger charge is 2.15. The number of nitrogens with zero attached hydrogens (tertiary/aromatic N) is 1. The molecule has 1 heterocycles. The van der Waals surface area contributed by atoms with E-state index in [1.165, 1.54) is 12.8 Å². The molecule has 1 fully saturated rings. The van der Waals surface area contributed by atoms with E-state index in [4.69, 9.17) is 4.74 Å². The summed E-state index contributed by atoms with van der Waals surface area (Å²) >= 11 is 0. The lowest BCUT2D eigenvalue weighted by molar-refractivity contribution is -0.130. The van der Waals surface area contributed by atoms with Gasteiger partial charge in [0.15, 0.2) is 0 Å². The van der Waals surface area contributed by atoms with Gasteiger partial charge in [0, 0.05) is 26.7 Å². The number of aliphatic hydroxyl groups is 1. The van der Waals surface area contributed by atoms with Gasteiger partial charge < -0.3 is 20.1 Å². The molecule has 2 N–H and O–H groups in total. The zero-order chi connectivity index (χ0) is 12.5. The average molecular weight is 244 g/mol. The van der Waals surface area contributed by atoms with E-state index in [0.717, 1.165) is 25.9 Å². The maximum Gasteiger partial charge on any atom is 0.236 e. The van der Waals surface area contributed by atoms with Crippen molar-refractivity contribution in [1.82, 2.24) is 10.2 Å². The molecule has 100 valence electrons. The molecule has 1 amide bonds. The van der Waals surface area contributed by atoms with Crippen LogP contribution in [0.5, 0.6) is 0 Å². The third kappa shape index (κ3) is 6.00. The molecule has 1 atom stereocenters. The number of amides is 1. The Morgan fingerprint density at radius 3 is 2.59 bits per heavy atom. The zero-order valence-electron chi connectivity index (χ0n) is 10.7. The standard InChI is InChI=1S/C12H24N2O3/c1-17-10-11(15)8-13-9-12(16)14-6-4-2-3-5-7-14/h11,13,15H,2-10H2,1H3. The van der Waals surface area contributed by atoms with Gasteiger partial charge in [-0.05, 0) is 12.8 Å². The van der Waals surface area contributed by atoms with Gasteiger partial charge >= 0.3 is 0 Å². The van der Waals surface area contributed by atoms with Crippen LogP contribution < -0.4 is 5.32 Å². The monoisotopic (exact) mass is 244 g/mol.